The van der Waals surface area contributed by atoms with Gasteiger partial charge in [0, 0.05) is 5.69 Å². The summed E-state index contributed by atoms with van der Waals surface area (Å²) in [6.45, 7) is 0. The third-order valence-corrected chi connectivity index (χ3v) is 3.11. The molecule has 0 heterocycles. The Morgan fingerprint density at radius 3 is 2.67 bits per heavy atom. The molecule has 0 bridgehead atoms. The number of thiocarbonyl (C=S) groups is 1. The second kappa shape index (κ2) is 7.94. The molecule has 0 aliphatic rings. The van der Waals surface area contributed by atoms with Crippen molar-refractivity contribution >= 4 is 40.7 Å². The van der Waals surface area contributed by atoms with Crippen molar-refractivity contribution in [1.82, 2.24) is 5.32 Å². The molecule has 1 aromatic rings. The largest absolute Gasteiger partial charge is 0.480 e. The van der Waals surface area contributed by atoms with E-state index in [0.29, 0.717) is 11.5 Å². The zero-order chi connectivity index (χ0) is 13.4. The van der Waals surface area contributed by atoms with Crippen LogP contribution in [0.2, 0.25) is 0 Å². The van der Waals surface area contributed by atoms with E-state index in [0.717, 1.165) is 11.4 Å². The summed E-state index contributed by atoms with van der Waals surface area (Å²) in [5, 5.41) is 15.1. The van der Waals surface area contributed by atoms with Crippen LogP contribution in [0.25, 0.3) is 0 Å². The summed E-state index contributed by atoms with van der Waals surface area (Å²) in [6.07, 6.45) is 2.48. The minimum Gasteiger partial charge on any atom is -0.480 e. The topological polar surface area (TPSA) is 61.4 Å². The van der Waals surface area contributed by atoms with Crippen molar-refractivity contribution in [2.75, 3.05) is 17.3 Å². The van der Waals surface area contributed by atoms with Crippen LogP contribution in [0.4, 0.5) is 5.69 Å². The Bertz CT molecular complexity index is 398. The highest BCUT2D eigenvalue weighted by molar-refractivity contribution is 7.98. The zero-order valence-electron chi connectivity index (χ0n) is 10.1. The maximum Gasteiger partial charge on any atom is 0.326 e. The summed E-state index contributed by atoms with van der Waals surface area (Å²) in [7, 11) is 0. The highest BCUT2D eigenvalue weighted by atomic mass is 32.2. The molecule has 3 N–H and O–H groups in total. The molecule has 4 nitrogen and oxygen atoms in total. The third kappa shape index (κ3) is 5.37. The van der Waals surface area contributed by atoms with Crippen LogP contribution < -0.4 is 10.6 Å². The molecule has 98 valence electrons. The average molecular weight is 284 g/mol. The van der Waals surface area contributed by atoms with Crippen molar-refractivity contribution in [2.45, 2.75) is 12.5 Å². The first-order valence-electron chi connectivity index (χ1n) is 5.48. The third-order valence-electron chi connectivity index (χ3n) is 2.25. The molecule has 0 saturated carbocycles. The number of aliphatic carboxylic acids is 1. The fraction of sp³-hybridized carbons (Fsp3) is 0.333. The van der Waals surface area contributed by atoms with Gasteiger partial charge in [-0.05, 0) is 42.8 Å². The fourth-order valence-corrected chi connectivity index (χ4v) is 2.07. The lowest BCUT2D eigenvalue weighted by Gasteiger charge is -2.16. The number of rotatable bonds is 6. The van der Waals surface area contributed by atoms with Gasteiger partial charge in [-0.2, -0.15) is 11.8 Å². The summed E-state index contributed by atoms with van der Waals surface area (Å²) in [6, 6.07) is 8.75. The molecular formula is C12H16N2O2S2. The SMILES string of the molecule is CSCCC(NC(=S)Nc1ccccc1)C(=O)O. The molecule has 0 aliphatic carbocycles. The van der Waals surface area contributed by atoms with Crippen LogP contribution >= 0.6 is 24.0 Å². The Morgan fingerprint density at radius 1 is 1.44 bits per heavy atom. The van der Waals surface area contributed by atoms with E-state index in [9.17, 15) is 4.79 Å². The van der Waals surface area contributed by atoms with Gasteiger partial charge in [0.15, 0.2) is 5.11 Å². The molecule has 1 atom stereocenters. The minimum atomic E-state index is -0.888. The van der Waals surface area contributed by atoms with Crippen molar-refractivity contribution in [3.05, 3.63) is 30.3 Å². The highest BCUT2D eigenvalue weighted by Crippen LogP contribution is 2.06. The number of carbonyl (C=O) groups is 1. The van der Waals surface area contributed by atoms with E-state index < -0.39 is 12.0 Å². The first-order chi connectivity index (χ1) is 8.63. The van der Waals surface area contributed by atoms with Gasteiger partial charge < -0.3 is 15.7 Å². The molecule has 1 rings (SSSR count). The molecule has 1 aromatic carbocycles. The molecule has 0 aromatic heterocycles. The van der Waals surface area contributed by atoms with E-state index in [-0.39, 0.29) is 0 Å². The quantitative estimate of drug-likeness (QED) is 0.696. The van der Waals surface area contributed by atoms with Crippen LogP contribution in [0.1, 0.15) is 6.42 Å². The lowest BCUT2D eigenvalue weighted by atomic mass is 10.2. The van der Waals surface area contributed by atoms with Crippen LogP contribution in [0.3, 0.4) is 0 Å². The van der Waals surface area contributed by atoms with E-state index in [1.54, 1.807) is 11.8 Å². The van der Waals surface area contributed by atoms with E-state index in [2.05, 4.69) is 10.6 Å². The normalized spacial score (nSPS) is 11.6. The molecule has 0 amide bonds. The average Bonchev–Trinajstić information content (AvgIpc) is 2.35. The van der Waals surface area contributed by atoms with E-state index >= 15 is 0 Å². The smallest absolute Gasteiger partial charge is 0.326 e. The zero-order valence-corrected chi connectivity index (χ0v) is 11.7. The van der Waals surface area contributed by atoms with E-state index in [1.807, 2.05) is 36.6 Å². The molecular weight excluding hydrogens is 268 g/mol. The van der Waals surface area contributed by atoms with Gasteiger partial charge in [0.2, 0.25) is 0 Å². The number of anilines is 1. The van der Waals surface area contributed by atoms with Gasteiger partial charge in [-0.3, -0.25) is 0 Å². The van der Waals surface area contributed by atoms with Gasteiger partial charge in [0.05, 0.1) is 0 Å². The van der Waals surface area contributed by atoms with Crippen LogP contribution in [0.15, 0.2) is 30.3 Å². The summed E-state index contributed by atoms with van der Waals surface area (Å²) < 4.78 is 0. The van der Waals surface area contributed by atoms with Crippen molar-refractivity contribution in [1.29, 1.82) is 0 Å². The minimum absolute atomic E-state index is 0.328. The van der Waals surface area contributed by atoms with Crippen LogP contribution in [-0.2, 0) is 4.79 Å². The molecule has 0 aliphatic heterocycles. The Hall–Kier alpha value is -1.27. The summed E-state index contributed by atoms with van der Waals surface area (Å²) in [4.78, 5) is 11.0. The van der Waals surface area contributed by atoms with E-state index in [4.69, 9.17) is 17.3 Å². The van der Waals surface area contributed by atoms with Crippen molar-refractivity contribution in [2.24, 2.45) is 0 Å². The second-order valence-electron chi connectivity index (χ2n) is 3.64. The first-order valence-corrected chi connectivity index (χ1v) is 7.28. The monoisotopic (exact) mass is 284 g/mol. The summed E-state index contributed by atoms with van der Waals surface area (Å²) in [5.74, 6) is -0.112. The van der Waals surface area contributed by atoms with Gasteiger partial charge in [0.1, 0.15) is 6.04 Å². The molecule has 18 heavy (non-hydrogen) atoms. The van der Waals surface area contributed by atoms with Crippen LogP contribution in [0, 0.1) is 0 Å². The fourth-order valence-electron chi connectivity index (χ4n) is 1.34. The second-order valence-corrected chi connectivity index (χ2v) is 5.03. The standard InChI is InChI=1S/C12H16N2O2S2/c1-18-8-7-10(11(15)16)14-12(17)13-9-5-3-2-4-6-9/h2-6,10H,7-8H2,1H3,(H,15,16)(H2,13,14,17). The van der Waals surface area contributed by atoms with Crippen molar-refractivity contribution in [3.8, 4) is 0 Å². The van der Waals surface area contributed by atoms with Gasteiger partial charge >= 0.3 is 5.97 Å². The summed E-state index contributed by atoms with van der Waals surface area (Å²) >= 11 is 6.70. The van der Waals surface area contributed by atoms with Crippen molar-refractivity contribution in [3.63, 3.8) is 0 Å². The van der Waals surface area contributed by atoms with Crippen LogP contribution in [0.5, 0.6) is 0 Å². The number of benzene rings is 1. The van der Waals surface area contributed by atoms with Gasteiger partial charge in [-0.1, -0.05) is 18.2 Å². The first kappa shape index (κ1) is 14.8. The van der Waals surface area contributed by atoms with E-state index in [1.165, 1.54) is 0 Å². The van der Waals surface area contributed by atoms with Crippen LogP contribution in [-0.4, -0.2) is 34.2 Å². The number of hydrogen-bond donors (Lipinski definition) is 3. The molecule has 0 saturated heterocycles. The maximum absolute atomic E-state index is 11.0. The Balaban J connectivity index is 2.48. The lowest BCUT2D eigenvalue weighted by molar-refractivity contribution is -0.139. The number of nitrogens with one attached hydrogen (secondary N) is 2. The number of thioether (sulfide) groups is 1. The predicted molar refractivity (Wildman–Crippen MR) is 80.2 cm³/mol. The number of carboxylic acids is 1. The van der Waals surface area contributed by atoms with Gasteiger partial charge in [0.25, 0.3) is 0 Å². The number of hydrogen-bond acceptors (Lipinski definition) is 3. The van der Waals surface area contributed by atoms with Crippen molar-refractivity contribution < 1.29 is 9.90 Å². The van der Waals surface area contributed by atoms with Gasteiger partial charge in [-0.25, -0.2) is 4.79 Å². The molecule has 0 fully saturated rings. The predicted octanol–water partition coefficient (Wildman–Crippen LogP) is 2.18. The summed E-state index contributed by atoms with van der Waals surface area (Å²) in [5.41, 5.74) is 0.837. The molecule has 6 heteroatoms. The van der Waals surface area contributed by atoms with Gasteiger partial charge in [-0.15, -0.1) is 0 Å². The molecule has 0 radical (unpaired) electrons. The molecule has 1 unspecified atom stereocenters. The number of para-hydroxylation sites is 1. The number of carboxylic acid groups (broad SMARTS) is 1. The Labute approximate surface area is 116 Å². The molecule has 0 spiro atoms. The highest BCUT2D eigenvalue weighted by Gasteiger charge is 2.17. The lowest BCUT2D eigenvalue weighted by Crippen LogP contribution is -2.43. The Kier molecular flexibility index (Phi) is 6.53. The maximum atomic E-state index is 11.0. The Morgan fingerprint density at radius 2 is 2.11 bits per heavy atom.